The third-order valence-corrected chi connectivity index (χ3v) is 7.49. The zero-order valence-electron chi connectivity index (χ0n) is 24.8. The lowest BCUT2D eigenvalue weighted by molar-refractivity contribution is -0.129. The zero-order chi connectivity index (χ0) is 30.4. The van der Waals surface area contributed by atoms with E-state index in [0.717, 1.165) is 30.2 Å². The van der Waals surface area contributed by atoms with Crippen LogP contribution in [-0.2, 0) is 4.79 Å². The van der Waals surface area contributed by atoms with E-state index in [4.69, 9.17) is 11.5 Å². The van der Waals surface area contributed by atoms with E-state index in [0.29, 0.717) is 25.2 Å². The molecule has 5 rings (SSSR count). The molecule has 4 aromatic rings. The minimum atomic E-state index is -0.0943. The second-order valence-corrected chi connectivity index (χ2v) is 10.7. The van der Waals surface area contributed by atoms with Gasteiger partial charge < -0.3 is 27.0 Å². The van der Waals surface area contributed by atoms with Gasteiger partial charge in [0.2, 0.25) is 5.91 Å². The van der Waals surface area contributed by atoms with Gasteiger partial charge in [-0.1, -0.05) is 97.9 Å². The van der Waals surface area contributed by atoms with Gasteiger partial charge in [-0.3, -0.25) is 14.6 Å². The monoisotopic (exact) mass is 578 g/mol. The van der Waals surface area contributed by atoms with Crippen molar-refractivity contribution in [2.75, 3.05) is 32.7 Å². The minimum Gasteiger partial charge on any atom is -0.370 e. The second kappa shape index (κ2) is 16.1. The smallest absolute Gasteiger partial charge is 0.251 e. The van der Waals surface area contributed by atoms with Crippen molar-refractivity contribution in [1.29, 1.82) is 0 Å². The van der Waals surface area contributed by atoms with Crippen LogP contribution in [0, 0.1) is 0 Å². The van der Waals surface area contributed by atoms with Crippen molar-refractivity contribution in [3.8, 4) is 0 Å². The molecule has 1 aliphatic rings. The molecule has 0 bridgehead atoms. The number of carbonyl (C=O) groups excluding carboxylic acids is 2. The molecule has 1 aliphatic heterocycles. The molecule has 6 N–H and O–H groups in total. The number of hydrogen-bond acceptors (Lipinski definition) is 4. The van der Waals surface area contributed by atoms with E-state index in [1.807, 2.05) is 90.7 Å². The molecule has 8 heteroatoms. The molecular formula is C35H42N6O2. The maximum atomic E-state index is 13.0. The van der Waals surface area contributed by atoms with Crippen molar-refractivity contribution in [3.05, 3.63) is 120 Å². The van der Waals surface area contributed by atoms with Gasteiger partial charge in [-0.05, 0) is 46.9 Å². The summed E-state index contributed by atoms with van der Waals surface area (Å²) in [6.45, 7) is 4.79. The molecule has 0 radical (unpaired) electrons. The van der Waals surface area contributed by atoms with Crippen LogP contribution in [0.5, 0.6) is 0 Å². The predicted molar refractivity (Wildman–Crippen MR) is 175 cm³/mol. The number of nitrogens with two attached hydrogens (primary N) is 2. The zero-order valence-corrected chi connectivity index (χ0v) is 24.8. The van der Waals surface area contributed by atoms with Crippen molar-refractivity contribution >= 4 is 28.5 Å². The van der Waals surface area contributed by atoms with Gasteiger partial charge in [0, 0.05) is 43.7 Å². The van der Waals surface area contributed by atoms with E-state index in [-0.39, 0.29) is 36.3 Å². The first-order valence-corrected chi connectivity index (χ1v) is 14.9. The fourth-order valence-electron chi connectivity index (χ4n) is 5.13. The molecule has 1 fully saturated rings. The van der Waals surface area contributed by atoms with Gasteiger partial charge in [0.25, 0.3) is 5.91 Å². The Morgan fingerprint density at radius 3 is 2.16 bits per heavy atom. The van der Waals surface area contributed by atoms with Crippen LogP contribution in [0.15, 0.2) is 108 Å². The predicted octanol–water partition coefficient (Wildman–Crippen LogP) is 4.26. The summed E-state index contributed by atoms with van der Waals surface area (Å²) in [7, 11) is 0. The SMILES string of the molecule is CCCN=C(N)N.O=C(NC[C@@H]1CCN(CC(c2ccccc2)c2ccccc2)C(=O)CN1)c1ccc2ccccc2c1. The summed E-state index contributed by atoms with van der Waals surface area (Å²) in [6, 6.07) is 34.5. The number of aliphatic imine (C=N–C) groups is 1. The van der Waals surface area contributed by atoms with Crippen molar-refractivity contribution in [2.24, 2.45) is 16.5 Å². The largest absolute Gasteiger partial charge is 0.370 e. The van der Waals surface area contributed by atoms with Crippen molar-refractivity contribution < 1.29 is 9.59 Å². The number of nitrogens with zero attached hydrogens (tertiary/aromatic N) is 2. The summed E-state index contributed by atoms with van der Waals surface area (Å²) < 4.78 is 0. The molecule has 8 nitrogen and oxygen atoms in total. The topological polar surface area (TPSA) is 126 Å². The van der Waals surface area contributed by atoms with Gasteiger partial charge >= 0.3 is 0 Å². The lowest BCUT2D eigenvalue weighted by Crippen LogP contribution is -2.42. The van der Waals surface area contributed by atoms with Gasteiger partial charge in [0.05, 0.1) is 6.54 Å². The Labute approximate surface area is 254 Å². The molecule has 0 aromatic heterocycles. The first-order valence-electron chi connectivity index (χ1n) is 14.9. The Morgan fingerprint density at radius 1 is 0.930 bits per heavy atom. The lowest BCUT2D eigenvalue weighted by Gasteiger charge is -2.27. The molecule has 0 unspecified atom stereocenters. The van der Waals surface area contributed by atoms with Gasteiger partial charge in [-0.25, -0.2) is 0 Å². The summed E-state index contributed by atoms with van der Waals surface area (Å²) in [5.41, 5.74) is 13.1. The number of guanidine groups is 1. The maximum absolute atomic E-state index is 13.0. The van der Waals surface area contributed by atoms with Crippen molar-refractivity contribution in [3.63, 3.8) is 0 Å². The van der Waals surface area contributed by atoms with Crippen LogP contribution in [0.25, 0.3) is 10.8 Å². The number of fused-ring (bicyclic) bond motifs is 1. The number of benzene rings is 4. The highest BCUT2D eigenvalue weighted by atomic mass is 16.2. The van der Waals surface area contributed by atoms with Gasteiger partial charge in [0.15, 0.2) is 5.96 Å². The minimum absolute atomic E-state index is 0.0373. The third-order valence-electron chi connectivity index (χ3n) is 7.49. The van der Waals surface area contributed by atoms with E-state index in [1.54, 1.807) is 0 Å². The average Bonchev–Trinajstić information content (AvgIpc) is 3.22. The Hall–Kier alpha value is -4.69. The number of rotatable bonds is 9. The molecule has 0 saturated carbocycles. The lowest BCUT2D eigenvalue weighted by atomic mass is 9.90. The summed E-state index contributed by atoms with van der Waals surface area (Å²) in [6.07, 6.45) is 1.78. The van der Waals surface area contributed by atoms with Crippen molar-refractivity contribution in [1.82, 2.24) is 15.5 Å². The van der Waals surface area contributed by atoms with E-state index < -0.39 is 0 Å². The number of carbonyl (C=O) groups is 2. The van der Waals surface area contributed by atoms with Gasteiger partial charge in [-0.15, -0.1) is 0 Å². The first-order chi connectivity index (χ1) is 20.9. The summed E-state index contributed by atoms with van der Waals surface area (Å²) in [4.78, 5) is 31.5. The highest BCUT2D eigenvalue weighted by Gasteiger charge is 2.26. The van der Waals surface area contributed by atoms with E-state index in [2.05, 4.69) is 39.9 Å². The quantitative estimate of drug-likeness (QED) is 0.174. The van der Waals surface area contributed by atoms with Crippen LogP contribution in [0.3, 0.4) is 0 Å². The molecule has 224 valence electrons. The molecule has 1 saturated heterocycles. The molecule has 1 atom stereocenters. The van der Waals surface area contributed by atoms with E-state index in [9.17, 15) is 9.59 Å². The third kappa shape index (κ3) is 9.41. The maximum Gasteiger partial charge on any atom is 0.251 e. The van der Waals surface area contributed by atoms with Crippen LogP contribution < -0.4 is 22.1 Å². The fraction of sp³-hybridized carbons (Fsp3) is 0.286. The van der Waals surface area contributed by atoms with Crippen LogP contribution in [-0.4, -0.2) is 61.4 Å². The number of amides is 2. The molecule has 2 amide bonds. The molecule has 0 aliphatic carbocycles. The van der Waals surface area contributed by atoms with Crippen LogP contribution in [0.2, 0.25) is 0 Å². The highest BCUT2D eigenvalue weighted by molar-refractivity contribution is 5.98. The molecule has 1 heterocycles. The van der Waals surface area contributed by atoms with Gasteiger partial charge in [0.1, 0.15) is 0 Å². The first kappa shape index (κ1) is 31.3. The van der Waals surface area contributed by atoms with Gasteiger partial charge in [-0.2, -0.15) is 0 Å². The fourth-order valence-corrected chi connectivity index (χ4v) is 5.13. The molecule has 43 heavy (non-hydrogen) atoms. The van der Waals surface area contributed by atoms with Crippen LogP contribution in [0.4, 0.5) is 0 Å². The second-order valence-electron chi connectivity index (χ2n) is 10.7. The van der Waals surface area contributed by atoms with Crippen LogP contribution >= 0.6 is 0 Å². The van der Waals surface area contributed by atoms with Crippen molar-refractivity contribution in [2.45, 2.75) is 31.7 Å². The van der Waals surface area contributed by atoms with E-state index in [1.165, 1.54) is 11.1 Å². The summed E-state index contributed by atoms with van der Waals surface area (Å²) >= 11 is 0. The Bertz CT molecular complexity index is 1450. The highest BCUT2D eigenvalue weighted by Crippen LogP contribution is 2.26. The summed E-state index contributed by atoms with van der Waals surface area (Å²) in [5, 5.41) is 8.56. The van der Waals surface area contributed by atoms with E-state index >= 15 is 0 Å². The Balaban J connectivity index is 0.000000541. The standard InChI is InChI=1S/C31H31N3O2.C4H11N3/c35-30-21-32-28(20-33-31(36)27-16-15-23-9-7-8-14-26(23)19-27)17-18-34(30)22-29(24-10-3-1-4-11-24)25-12-5-2-6-13-25;1-2-3-7-4(5)6/h1-16,19,28-29,32H,17-18,20-22H2,(H,33,36);2-3H2,1H3,(H4,5,6,7)/t28-;/m0./s1. The number of hydrogen-bond donors (Lipinski definition) is 4. The molecule has 4 aromatic carbocycles. The Morgan fingerprint density at radius 2 is 1.56 bits per heavy atom. The normalized spacial score (nSPS) is 14.9. The molecular weight excluding hydrogens is 536 g/mol. The molecule has 0 spiro atoms. The Kier molecular flexibility index (Phi) is 11.7. The average molecular weight is 579 g/mol. The number of nitrogens with one attached hydrogen (secondary N) is 2. The van der Waals surface area contributed by atoms with Crippen LogP contribution in [0.1, 0.15) is 47.2 Å². The summed E-state index contributed by atoms with van der Waals surface area (Å²) in [5.74, 6) is 0.292.